The molecule has 0 saturated carbocycles. The van der Waals surface area contributed by atoms with E-state index in [1.54, 1.807) is 7.11 Å². The van der Waals surface area contributed by atoms with E-state index >= 15 is 0 Å². The van der Waals surface area contributed by atoms with Crippen molar-refractivity contribution >= 4 is 5.96 Å². The van der Waals surface area contributed by atoms with Gasteiger partial charge in [-0.15, -0.1) is 0 Å². The smallest absolute Gasteiger partial charge is 0.191 e. The predicted octanol–water partition coefficient (Wildman–Crippen LogP) is 2.71. The fourth-order valence-corrected chi connectivity index (χ4v) is 2.50. The van der Waals surface area contributed by atoms with Crippen molar-refractivity contribution in [3.05, 3.63) is 35.9 Å². The summed E-state index contributed by atoms with van der Waals surface area (Å²) in [6.07, 6.45) is 0.966. The van der Waals surface area contributed by atoms with Gasteiger partial charge in [0, 0.05) is 38.4 Å². The van der Waals surface area contributed by atoms with Crippen LogP contribution in [-0.4, -0.2) is 44.8 Å². The van der Waals surface area contributed by atoms with E-state index in [2.05, 4.69) is 67.9 Å². The molecule has 0 aliphatic rings. The molecule has 24 heavy (non-hydrogen) atoms. The SMILES string of the molecule is CCNC(=NCC(C)(C)NC(C)c1ccccc1)NCCCOC. The van der Waals surface area contributed by atoms with Gasteiger partial charge in [-0.05, 0) is 39.7 Å². The third-order valence-electron chi connectivity index (χ3n) is 3.70. The summed E-state index contributed by atoms with van der Waals surface area (Å²) in [6.45, 7) is 11.8. The minimum absolute atomic E-state index is 0.0931. The van der Waals surface area contributed by atoms with Crippen molar-refractivity contribution in [2.75, 3.05) is 33.4 Å². The number of hydrogen-bond acceptors (Lipinski definition) is 3. The maximum atomic E-state index is 5.07. The number of rotatable bonds is 10. The van der Waals surface area contributed by atoms with Crippen LogP contribution in [0, 0.1) is 0 Å². The van der Waals surface area contributed by atoms with E-state index in [9.17, 15) is 0 Å². The highest BCUT2D eigenvalue weighted by Crippen LogP contribution is 2.16. The number of nitrogens with one attached hydrogen (secondary N) is 3. The summed E-state index contributed by atoms with van der Waals surface area (Å²) in [5.41, 5.74) is 1.20. The second-order valence-electron chi connectivity index (χ2n) is 6.63. The zero-order valence-corrected chi connectivity index (χ0v) is 15.9. The van der Waals surface area contributed by atoms with Crippen molar-refractivity contribution in [3.8, 4) is 0 Å². The molecule has 0 aliphatic heterocycles. The number of ether oxygens (including phenoxy) is 1. The summed E-state index contributed by atoms with van der Waals surface area (Å²) in [5, 5.41) is 10.3. The fraction of sp³-hybridized carbons (Fsp3) is 0.632. The predicted molar refractivity (Wildman–Crippen MR) is 103 cm³/mol. The van der Waals surface area contributed by atoms with Crippen molar-refractivity contribution < 1.29 is 4.74 Å². The van der Waals surface area contributed by atoms with E-state index in [0.717, 1.165) is 32.1 Å². The lowest BCUT2D eigenvalue weighted by Gasteiger charge is -2.29. The second kappa shape index (κ2) is 11.0. The van der Waals surface area contributed by atoms with Crippen LogP contribution in [-0.2, 0) is 4.74 Å². The summed E-state index contributed by atoms with van der Waals surface area (Å²) in [5.74, 6) is 0.857. The molecule has 0 fully saturated rings. The quantitative estimate of drug-likeness (QED) is 0.350. The van der Waals surface area contributed by atoms with Crippen LogP contribution in [0.25, 0.3) is 0 Å². The third-order valence-corrected chi connectivity index (χ3v) is 3.70. The summed E-state index contributed by atoms with van der Waals surface area (Å²) >= 11 is 0. The van der Waals surface area contributed by atoms with Crippen LogP contribution in [0.4, 0.5) is 0 Å². The Morgan fingerprint density at radius 3 is 2.54 bits per heavy atom. The fourth-order valence-electron chi connectivity index (χ4n) is 2.50. The lowest BCUT2D eigenvalue weighted by atomic mass is 10.0. The summed E-state index contributed by atoms with van der Waals surface area (Å²) < 4.78 is 5.07. The highest BCUT2D eigenvalue weighted by Gasteiger charge is 2.20. The van der Waals surface area contributed by atoms with Gasteiger partial charge in [0.05, 0.1) is 6.54 Å². The zero-order chi connectivity index (χ0) is 17.8. The van der Waals surface area contributed by atoms with Gasteiger partial charge in [-0.25, -0.2) is 0 Å². The maximum absolute atomic E-state index is 5.07. The zero-order valence-electron chi connectivity index (χ0n) is 15.9. The maximum Gasteiger partial charge on any atom is 0.191 e. The summed E-state index contributed by atoms with van der Waals surface area (Å²) in [7, 11) is 1.72. The number of benzene rings is 1. The molecule has 0 saturated heterocycles. The molecule has 0 bridgehead atoms. The van der Waals surface area contributed by atoms with Crippen LogP contribution in [0.5, 0.6) is 0 Å². The van der Waals surface area contributed by atoms with Gasteiger partial charge in [0.15, 0.2) is 5.96 Å². The van der Waals surface area contributed by atoms with E-state index in [4.69, 9.17) is 9.73 Å². The highest BCUT2D eigenvalue weighted by molar-refractivity contribution is 5.79. The van der Waals surface area contributed by atoms with Gasteiger partial charge in [-0.3, -0.25) is 4.99 Å². The minimum Gasteiger partial charge on any atom is -0.385 e. The Balaban J connectivity index is 2.55. The first kappa shape index (κ1) is 20.5. The largest absolute Gasteiger partial charge is 0.385 e. The minimum atomic E-state index is -0.0931. The molecular weight excluding hydrogens is 300 g/mol. The number of nitrogens with zero attached hydrogens (tertiary/aromatic N) is 1. The standard InChI is InChI=1S/C19H34N4O/c1-6-20-18(21-13-10-14-24-5)22-15-19(3,4)23-16(2)17-11-8-7-9-12-17/h7-9,11-12,16,23H,6,10,13-15H2,1-5H3,(H2,20,21,22). The van der Waals surface area contributed by atoms with E-state index in [1.165, 1.54) is 5.56 Å². The Morgan fingerprint density at radius 2 is 1.92 bits per heavy atom. The molecule has 0 amide bonds. The number of hydrogen-bond donors (Lipinski definition) is 3. The van der Waals surface area contributed by atoms with Crippen LogP contribution in [0.3, 0.4) is 0 Å². The van der Waals surface area contributed by atoms with Crippen LogP contribution in [0.2, 0.25) is 0 Å². The lowest BCUT2D eigenvalue weighted by Crippen LogP contribution is -2.45. The van der Waals surface area contributed by atoms with Crippen molar-refractivity contribution in [2.45, 2.75) is 45.7 Å². The molecule has 1 aromatic rings. The second-order valence-corrected chi connectivity index (χ2v) is 6.63. The van der Waals surface area contributed by atoms with Crippen LogP contribution < -0.4 is 16.0 Å². The molecule has 5 nitrogen and oxygen atoms in total. The monoisotopic (exact) mass is 334 g/mol. The topological polar surface area (TPSA) is 57.7 Å². The molecule has 0 aliphatic carbocycles. The van der Waals surface area contributed by atoms with E-state index < -0.39 is 0 Å². The van der Waals surface area contributed by atoms with E-state index in [1.807, 2.05) is 6.07 Å². The van der Waals surface area contributed by atoms with E-state index in [-0.39, 0.29) is 11.6 Å². The van der Waals surface area contributed by atoms with Crippen molar-refractivity contribution in [1.82, 2.24) is 16.0 Å². The molecule has 3 N–H and O–H groups in total. The van der Waals surface area contributed by atoms with Crippen molar-refractivity contribution in [1.29, 1.82) is 0 Å². The molecule has 1 aromatic carbocycles. The Kier molecular flexibility index (Phi) is 9.42. The first-order valence-electron chi connectivity index (χ1n) is 8.82. The molecule has 1 atom stereocenters. The number of aliphatic imine (C=N–C) groups is 1. The molecule has 1 rings (SSSR count). The van der Waals surface area contributed by atoms with Gasteiger partial charge in [0.25, 0.3) is 0 Å². The van der Waals surface area contributed by atoms with Gasteiger partial charge in [0.2, 0.25) is 0 Å². The van der Waals surface area contributed by atoms with Crippen LogP contribution in [0.15, 0.2) is 35.3 Å². The lowest BCUT2D eigenvalue weighted by molar-refractivity contribution is 0.195. The van der Waals surface area contributed by atoms with Gasteiger partial charge >= 0.3 is 0 Å². The van der Waals surface area contributed by atoms with Gasteiger partial charge in [-0.1, -0.05) is 30.3 Å². The Hall–Kier alpha value is -1.59. The average molecular weight is 335 g/mol. The molecule has 136 valence electrons. The van der Waals surface area contributed by atoms with Crippen LogP contribution in [0.1, 0.15) is 45.7 Å². The molecule has 1 unspecified atom stereocenters. The molecule has 0 spiro atoms. The van der Waals surface area contributed by atoms with Gasteiger partial charge in [0.1, 0.15) is 0 Å². The molecule has 0 heterocycles. The highest BCUT2D eigenvalue weighted by atomic mass is 16.5. The first-order valence-corrected chi connectivity index (χ1v) is 8.82. The normalized spacial score (nSPS) is 13.6. The molecule has 5 heteroatoms. The third kappa shape index (κ3) is 8.31. The average Bonchev–Trinajstić information content (AvgIpc) is 2.57. The Labute approximate surface area is 147 Å². The van der Waals surface area contributed by atoms with E-state index in [0.29, 0.717) is 6.54 Å². The molecule has 0 aromatic heterocycles. The van der Waals surface area contributed by atoms with Crippen molar-refractivity contribution in [3.63, 3.8) is 0 Å². The number of guanidine groups is 1. The summed E-state index contributed by atoms with van der Waals surface area (Å²) in [6, 6.07) is 10.8. The Morgan fingerprint density at radius 1 is 1.21 bits per heavy atom. The van der Waals surface area contributed by atoms with Crippen LogP contribution >= 0.6 is 0 Å². The molecular formula is C19H34N4O. The first-order chi connectivity index (χ1) is 11.5. The summed E-state index contributed by atoms with van der Waals surface area (Å²) in [4.78, 5) is 4.72. The van der Waals surface area contributed by atoms with Crippen molar-refractivity contribution in [2.24, 2.45) is 4.99 Å². The Bertz CT molecular complexity index is 474. The van der Waals surface area contributed by atoms with Gasteiger partial charge < -0.3 is 20.7 Å². The molecule has 0 radical (unpaired) electrons. The number of methoxy groups -OCH3 is 1. The van der Waals surface area contributed by atoms with Gasteiger partial charge in [-0.2, -0.15) is 0 Å².